The van der Waals surface area contributed by atoms with Crippen molar-refractivity contribution in [1.82, 2.24) is 4.90 Å². The normalized spacial score (nSPS) is 29.2. The molecule has 1 heterocycles. The molecule has 2 nitrogen and oxygen atoms in total. The first-order valence-corrected chi connectivity index (χ1v) is 6.97. The van der Waals surface area contributed by atoms with Crippen molar-refractivity contribution in [2.75, 3.05) is 26.7 Å². The van der Waals surface area contributed by atoms with Crippen LogP contribution in [0, 0.1) is 5.92 Å². The zero-order valence-electron chi connectivity index (χ0n) is 12.1. The van der Waals surface area contributed by atoms with E-state index in [4.69, 9.17) is 4.74 Å². The van der Waals surface area contributed by atoms with Crippen LogP contribution in [0.4, 0.5) is 0 Å². The fourth-order valence-electron chi connectivity index (χ4n) is 3.01. The Morgan fingerprint density at radius 2 is 2.22 bits per heavy atom. The van der Waals surface area contributed by atoms with Gasteiger partial charge < -0.3 is 9.64 Å². The van der Waals surface area contributed by atoms with Crippen LogP contribution in [0.15, 0.2) is 24.3 Å². The highest BCUT2D eigenvalue weighted by molar-refractivity contribution is 5.34. The third-order valence-corrected chi connectivity index (χ3v) is 4.74. The lowest BCUT2D eigenvalue weighted by atomic mass is 9.68. The van der Waals surface area contributed by atoms with Gasteiger partial charge in [-0.1, -0.05) is 32.9 Å². The van der Waals surface area contributed by atoms with Gasteiger partial charge in [-0.2, -0.15) is 0 Å². The van der Waals surface area contributed by atoms with Crippen LogP contribution in [0.1, 0.15) is 32.8 Å². The van der Waals surface area contributed by atoms with Crippen LogP contribution in [0.5, 0.6) is 5.75 Å². The molecular formula is C16H25NO. The Labute approximate surface area is 111 Å². The van der Waals surface area contributed by atoms with Gasteiger partial charge in [0.25, 0.3) is 0 Å². The van der Waals surface area contributed by atoms with E-state index in [0.717, 1.165) is 5.75 Å². The van der Waals surface area contributed by atoms with Gasteiger partial charge in [0.15, 0.2) is 0 Å². The molecule has 0 radical (unpaired) electrons. The quantitative estimate of drug-likeness (QED) is 0.812. The van der Waals surface area contributed by atoms with Crippen molar-refractivity contribution in [1.29, 1.82) is 0 Å². The van der Waals surface area contributed by atoms with Crippen molar-refractivity contribution in [3.63, 3.8) is 0 Å². The Morgan fingerprint density at radius 3 is 2.83 bits per heavy atom. The van der Waals surface area contributed by atoms with E-state index in [2.05, 4.69) is 43.9 Å². The van der Waals surface area contributed by atoms with Gasteiger partial charge in [-0.25, -0.2) is 0 Å². The number of rotatable bonds is 3. The fraction of sp³-hybridized carbons (Fsp3) is 0.625. The van der Waals surface area contributed by atoms with Crippen molar-refractivity contribution in [3.05, 3.63) is 29.8 Å². The minimum Gasteiger partial charge on any atom is -0.497 e. The molecule has 100 valence electrons. The minimum atomic E-state index is 0.278. The van der Waals surface area contributed by atoms with Gasteiger partial charge in [0.1, 0.15) is 5.75 Å². The van der Waals surface area contributed by atoms with Crippen molar-refractivity contribution < 1.29 is 4.74 Å². The third kappa shape index (κ3) is 2.39. The maximum Gasteiger partial charge on any atom is 0.119 e. The Morgan fingerprint density at radius 1 is 1.44 bits per heavy atom. The first-order valence-electron chi connectivity index (χ1n) is 6.97. The molecule has 0 N–H and O–H groups in total. The molecule has 0 aliphatic carbocycles. The van der Waals surface area contributed by atoms with Gasteiger partial charge >= 0.3 is 0 Å². The maximum atomic E-state index is 5.36. The van der Waals surface area contributed by atoms with E-state index in [9.17, 15) is 0 Å². The lowest BCUT2D eigenvalue weighted by Gasteiger charge is -2.45. The molecule has 2 rings (SSSR count). The molecule has 0 spiro atoms. The topological polar surface area (TPSA) is 12.5 Å². The average molecular weight is 247 g/mol. The van der Waals surface area contributed by atoms with Gasteiger partial charge in [-0.15, -0.1) is 0 Å². The van der Waals surface area contributed by atoms with Gasteiger partial charge in [-0.3, -0.25) is 0 Å². The largest absolute Gasteiger partial charge is 0.497 e. The van der Waals surface area contributed by atoms with Gasteiger partial charge in [0, 0.05) is 6.54 Å². The van der Waals surface area contributed by atoms with Crippen molar-refractivity contribution in [3.8, 4) is 5.75 Å². The predicted octanol–water partition coefficient (Wildman–Crippen LogP) is 3.31. The van der Waals surface area contributed by atoms with E-state index in [0.29, 0.717) is 5.92 Å². The highest BCUT2D eigenvalue weighted by atomic mass is 16.5. The van der Waals surface area contributed by atoms with Crippen LogP contribution >= 0.6 is 0 Å². The molecule has 0 saturated carbocycles. The van der Waals surface area contributed by atoms with Crippen LogP contribution in [0.3, 0.4) is 0 Å². The summed E-state index contributed by atoms with van der Waals surface area (Å²) in [6.07, 6.45) is 1.23. The lowest BCUT2D eigenvalue weighted by molar-refractivity contribution is 0.116. The molecule has 0 bridgehead atoms. The first kappa shape index (κ1) is 13.4. The standard InChI is InChI=1S/C16H25NO/c1-5-17-10-9-16(3,13(2)12-17)14-7-6-8-15(11-14)18-4/h6-8,11,13H,5,9-10,12H2,1-4H3/t13-,16-/m0/s1. The van der Waals surface area contributed by atoms with Crippen LogP contribution in [0.25, 0.3) is 0 Å². The second kappa shape index (κ2) is 5.31. The van der Waals surface area contributed by atoms with Gasteiger partial charge in [0.05, 0.1) is 7.11 Å². The van der Waals surface area contributed by atoms with Crippen LogP contribution in [-0.2, 0) is 5.41 Å². The molecule has 18 heavy (non-hydrogen) atoms. The summed E-state index contributed by atoms with van der Waals surface area (Å²) in [4.78, 5) is 2.55. The minimum absolute atomic E-state index is 0.278. The Balaban J connectivity index is 2.25. The number of hydrogen-bond acceptors (Lipinski definition) is 2. The molecule has 0 aromatic heterocycles. The van der Waals surface area contributed by atoms with E-state index in [1.165, 1.54) is 31.6 Å². The number of nitrogens with zero attached hydrogens (tertiary/aromatic N) is 1. The SMILES string of the molecule is CCN1CC[C@](C)(c2cccc(OC)c2)[C@@H](C)C1. The summed E-state index contributed by atoms with van der Waals surface area (Å²) in [5.74, 6) is 1.65. The van der Waals surface area contributed by atoms with E-state index in [1.54, 1.807) is 7.11 Å². The Hall–Kier alpha value is -1.02. The fourth-order valence-corrected chi connectivity index (χ4v) is 3.01. The maximum absolute atomic E-state index is 5.36. The lowest BCUT2D eigenvalue weighted by Crippen LogP contribution is -2.47. The summed E-state index contributed by atoms with van der Waals surface area (Å²) in [6.45, 7) is 10.6. The zero-order chi connectivity index (χ0) is 13.2. The molecule has 2 heteroatoms. The van der Waals surface area contributed by atoms with Gasteiger partial charge in [0.2, 0.25) is 0 Å². The molecule has 1 saturated heterocycles. The van der Waals surface area contributed by atoms with Crippen molar-refractivity contribution in [2.24, 2.45) is 5.92 Å². The number of ether oxygens (including phenoxy) is 1. The van der Waals surface area contributed by atoms with Gasteiger partial charge in [-0.05, 0) is 48.5 Å². The zero-order valence-corrected chi connectivity index (χ0v) is 12.1. The summed E-state index contributed by atoms with van der Waals surface area (Å²) < 4.78 is 5.36. The monoisotopic (exact) mass is 247 g/mol. The summed E-state index contributed by atoms with van der Waals surface area (Å²) in [5.41, 5.74) is 1.70. The molecule has 0 amide bonds. The third-order valence-electron chi connectivity index (χ3n) is 4.74. The van der Waals surface area contributed by atoms with Crippen molar-refractivity contribution >= 4 is 0 Å². The molecule has 1 aromatic carbocycles. The highest BCUT2D eigenvalue weighted by Gasteiger charge is 2.37. The Bertz CT molecular complexity index is 404. The van der Waals surface area contributed by atoms with E-state index < -0.39 is 0 Å². The molecule has 1 aliphatic heterocycles. The number of piperidine rings is 1. The number of methoxy groups -OCH3 is 1. The predicted molar refractivity (Wildman–Crippen MR) is 76.2 cm³/mol. The summed E-state index contributed by atoms with van der Waals surface area (Å²) in [5, 5.41) is 0. The van der Waals surface area contributed by atoms with Crippen LogP contribution in [0.2, 0.25) is 0 Å². The number of likely N-dealkylation sites (tertiary alicyclic amines) is 1. The second-order valence-corrected chi connectivity index (χ2v) is 5.69. The number of benzene rings is 1. The van der Waals surface area contributed by atoms with E-state index in [-0.39, 0.29) is 5.41 Å². The van der Waals surface area contributed by atoms with Crippen LogP contribution in [-0.4, -0.2) is 31.6 Å². The second-order valence-electron chi connectivity index (χ2n) is 5.69. The molecular weight excluding hydrogens is 222 g/mol. The van der Waals surface area contributed by atoms with Crippen LogP contribution < -0.4 is 4.74 Å². The molecule has 2 atom stereocenters. The van der Waals surface area contributed by atoms with E-state index >= 15 is 0 Å². The summed E-state index contributed by atoms with van der Waals surface area (Å²) in [7, 11) is 1.74. The summed E-state index contributed by atoms with van der Waals surface area (Å²) in [6, 6.07) is 8.59. The molecule has 1 aromatic rings. The number of hydrogen-bond donors (Lipinski definition) is 0. The van der Waals surface area contributed by atoms with E-state index in [1.807, 2.05) is 6.07 Å². The smallest absolute Gasteiger partial charge is 0.119 e. The molecule has 1 aliphatic rings. The molecule has 1 fully saturated rings. The highest BCUT2D eigenvalue weighted by Crippen LogP contribution is 2.40. The average Bonchev–Trinajstić information content (AvgIpc) is 2.42. The summed E-state index contributed by atoms with van der Waals surface area (Å²) >= 11 is 0. The first-order chi connectivity index (χ1) is 8.60. The Kier molecular flexibility index (Phi) is 3.96. The molecule has 0 unspecified atom stereocenters. The van der Waals surface area contributed by atoms with Crippen molar-refractivity contribution in [2.45, 2.75) is 32.6 Å².